The number of phenolic OH excluding ortho intramolecular Hbond substituents is 1. The van der Waals surface area contributed by atoms with Crippen molar-refractivity contribution in [1.29, 1.82) is 0 Å². The van der Waals surface area contributed by atoms with E-state index in [1.165, 1.54) is 29.2 Å². The maximum atomic E-state index is 13.9. The molecule has 3 N–H and O–H groups in total. The van der Waals surface area contributed by atoms with Crippen LogP contribution in [0.2, 0.25) is 0 Å². The van der Waals surface area contributed by atoms with Gasteiger partial charge < -0.3 is 19.9 Å². The lowest BCUT2D eigenvalue weighted by Crippen LogP contribution is -2.35. The van der Waals surface area contributed by atoms with Crippen LogP contribution in [0.3, 0.4) is 0 Å². The quantitative estimate of drug-likeness (QED) is 0.271. The Kier molecular flexibility index (Phi) is 7.76. The summed E-state index contributed by atoms with van der Waals surface area (Å²) in [6.45, 7) is 4.48. The van der Waals surface area contributed by atoms with E-state index in [1.54, 1.807) is 18.2 Å². The van der Waals surface area contributed by atoms with Gasteiger partial charge >= 0.3 is 7.12 Å². The summed E-state index contributed by atoms with van der Waals surface area (Å²) in [5.41, 5.74) is 4.62. The van der Waals surface area contributed by atoms with Crippen LogP contribution >= 0.6 is 0 Å². The van der Waals surface area contributed by atoms with Gasteiger partial charge in [0, 0.05) is 5.92 Å². The monoisotopic (exact) mass is 533 g/mol. The number of benzene rings is 2. The third-order valence-electron chi connectivity index (χ3n) is 8.22. The summed E-state index contributed by atoms with van der Waals surface area (Å²) < 4.78 is 20.1. The number of carbonyl (C=O) groups is 2. The number of nitrogens with zero attached hydrogens (tertiary/aromatic N) is 1. The molecule has 5 rings (SSSR count). The molecule has 2 aromatic carbocycles. The Morgan fingerprint density at radius 3 is 2.64 bits per heavy atom. The fourth-order valence-electron chi connectivity index (χ4n) is 6.46. The molecule has 1 aliphatic carbocycles. The Balaban J connectivity index is 1.34. The number of aromatic hydroxyl groups is 1. The van der Waals surface area contributed by atoms with Crippen LogP contribution in [0.25, 0.3) is 6.08 Å². The number of halogens is 1. The second-order valence-corrected chi connectivity index (χ2v) is 10.8. The molecule has 0 bridgehead atoms. The number of amides is 2. The fraction of sp³-hybridized carbons (Fsp3) is 0.400. The Labute approximate surface area is 227 Å². The number of rotatable bonds is 8. The Morgan fingerprint density at radius 2 is 1.92 bits per heavy atom. The highest BCUT2D eigenvalue weighted by molar-refractivity contribution is 6.58. The van der Waals surface area contributed by atoms with Crippen LogP contribution in [0.4, 0.5) is 10.1 Å². The first-order chi connectivity index (χ1) is 18.7. The first-order valence-electron chi connectivity index (χ1n) is 13.5. The maximum Gasteiger partial charge on any atom is 0.488 e. The Hall–Kier alpha value is -3.27. The van der Waals surface area contributed by atoms with Crippen molar-refractivity contribution in [2.45, 2.75) is 52.1 Å². The van der Waals surface area contributed by atoms with Gasteiger partial charge in [0.15, 0.2) is 11.6 Å². The van der Waals surface area contributed by atoms with E-state index in [0.717, 1.165) is 42.4 Å². The van der Waals surface area contributed by atoms with Crippen molar-refractivity contribution >= 4 is 36.2 Å². The number of ether oxygens (including phenoxy) is 1. The molecule has 2 fully saturated rings. The average Bonchev–Trinajstić information content (AvgIpc) is 3.44. The minimum absolute atomic E-state index is 0.155. The molecule has 2 amide bonds. The van der Waals surface area contributed by atoms with Crippen LogP contribution in [-0.4, -0.2) is 46.8 Å². The van der Waals surface area contributed by atoms with Crippen molar-refractivity contribution in [2.75, 3.05) is 11.5 Å². The first kappa shape index (κ1) is 27.3. The number of allylic oxidation sites excluding steroid dienone is 2. The van der Waals surface area contributed by atoms with Crippen LogP contribution in [-0.2, 0) is 14.3 Å². The fourth-order valence-corrected chi connectivity index (χ4v) is 6.46. The van der Waals surface area contributed by atoms with E-state index in [-0.39, 0.29) is 35.0 Å². The molecule has 39 heavy (non-hydrogen) atoms. The van der Waals surface area contributed by atoms with Crippen molar-refractivity contribution in [1.82, 2.24) is 0 Å². The van der Waals surface area contributed by atoms with Crippen molar-refractivity contribution in [2.24, 2.45) is 17.8 Å². The van der Waals surface area contributed by atoms with Gasteiger partial charge in [-0.2, -0.15) is 0 Å². The summed E-state index contributed by atoms with van der Waals surface area (Å²) >= 11 is 0. The summed E-state index contributed by atoms with van der Waals surface area (Å²) in [6.07, 6.45) is 5.55. The molecule has 0 spiro atoms. The molecule has 2 aromatic rings. The number of fused-ring (bicyclic) bond motifs is 3. The largest absolute Gasteiger partial charge is 0.505 e. The lowest BCUT2D eigenvalue weighted by molar-refractivity contribution is -0.122. The normalized spacial score (nSPS) is 24.8. The molecule has 204 valence electrons. The molecule has 7 nitrogen and oxygen atoms in total. The maximum absolute atomic E-state index is 13.9. The second kappa shape index (κ2) is 11.1. The molecule has 2 saturated heterocycles. The number of hydrogen-bond acceptors (Lipinski definition) is 6. The van der Waals surface area contributed by atoms with Gasteiger partial charge in [-0.1, -0.05) is 48.8 Å². The molecule has 0 unspecified atom stereocenters. The zero-order chi connectivity index (χ0) is 27.8. The molecule has 4 atom stereocenters. The van der Waals surface area contributed by atoms with Crippen molar-refractivity contribution in [3.63, 3.8) is 0 Å². The third kappa shape index (κ3) is 5.18. The lowest BCUT2D eigenvalue weighted by Gasteiger charge is -2.30. The topological polar surface area (TPSA) is 107 Å². The van der Waals surface area contributed by atoms with E-state index in [1.807, 2.05) is 13.0 Å². The predicted molar refractivity (Wildman–Crippen MR) is 146 cm³/mol. The van der Waals surface area contributed by atoms with E-state index >= 15 is 0 Å². The number of phenols is 1. The number of imide groups is 1. The molecular formula is C30H33BFNO6. The van der Waals surface area contributed by atoms with Gasteiger partial charge in [0.05, 0.1) is 30.2 Å². The number of anilines is 1. The van der Waals surface area contributed by atoms with Crippen LogP contribution in [0.15, 0.2) is 59.2 Å². The van der Waals surface area contributed by atoms with Crippen molar-refractivity contribution < 1.29 is 33.9 Å². The number of carbonyl (C=O) groups excluding carboxylic acids is 2. The Morgan fingerprint density at radius 1 is 1.13 bits per heavy atom. The highest BCUT2D eigenvalue weighted by Gasteiger charge is 2.56. The summed E-state index contributed by atoms with van der Waals surface area (Å²) in [6, 6.07) is 10.6. The molecule has 0 radical (unpaired) electrons. The molecule has 2 heterocycles. The van der Waals surface area contributed by atoms with Gasteiger partial charge in [0.2, 0.25) is 11.8 Å². The average molecular weight is 533 g/mol. The summed E-state index contributed by atoms with van der Waals surface area (Å²) in [5, 5.41) is 28.6. The summed E-state index contributed by atoms with van der Waals surface area (Å²) in [5.74, 6) is -2.69. The van der Waals surface area contributed by atoms with E-state index in [2.05, 4.69) is 6.92 Å². The van der Waals surface area contributed by atoms with E-state index in [9.17, 15) is 29.1 Å². The third-order valence-corrected chi connectivity index (χ3v) is 8.22. The van der Waals surface area contributed by atoms with Gasteiger partial charge in [-0.05, 0) is 73.5 Å². The molecule has 9 heteroatoms. The lowest BCUT2D eigenvalue weighted by atomic mass is 9.70. The first-order valence-corrected chi connectivity index (χ1v) is 13.5. The smallest absolute Gasteiger partial charge is 0.488 e. The highest BCUT2D eigenvalue weighted by Crippen LogP contribution is 2.50. The molecule has 2 aliphatic heterocycles. The van der Waals surface area contributed by atoms with Crippen molar-refractivity contribution in [3.05, 3.63) is 70.6 Å². The SMILES string of the molecule is CCC/C(=C\c1ccc(O)c(F)c1)CC[C@H]1OC[C@H]2C1=C(C)C[C@H]1C(=O)N(c3cccc(B(O)O)c3)C(=O)[C@H]12. The van der Waals surface area contributed by atoms with E-state index < -0.39 is 24.8 Å². The number of hydrogen-bond donors (Lipinski definition) is 3. The van der Waals surface area contributed by atoms with Crippen LogP contribution < -0.4 is 10.4 Å². The van der Waals surface area contributed by atoms with Crippen LogP contribution in [0.5, 0.6) is 5.75 Å². The summed E-state index contributed by atoms with van der Waals surface area (Å²) in [4.78, 5) is 28.3. The zero-order valence-corrected chi connectivity index (χ0v) is 22.1. The van der Waals surface area contributed by atoms with E-state index in [4.69, 9.17) is 4.74 Å². The van der Waals surface area contributed by atoms with E-state index in [0.29, 0.717) is 24.3 Å². The zero-order valence-electron chi connectivity index (χ0n) is 22.1. The van der Waals surface area contributed by atoms with Crippen molar-refractivity contribution in [3.8, 4) is 5.75 Å². The van der Waals surface area contributed by atoms with Gasteiger partial charge in [-0.25, -0.2) is 4.39 Å². The standard InChI is InChI=1S/C30H33BFNO6/c1-3-5-18(13-19-8-10-25(34)24(32)14-19)9-11-26-27-17(2)12-22-28(23(27)16-39-26)30(36)33(29(22)35)21-7-4-6-20(15-21)31(37)38/h4,6-8,10,13-15,22-23,26,28,34,37-38H,3,5,9,11-12,16H2,1-2H3/b18-13+/t22-,23+,26-,28-/m1/s1. The highest BCUT2D eigenvalue weighted by atomic mass is 19.1. The van der Waals surface area contributed by atoms with Gasteiger partial charge in [0.25, 0.3) is 0 Å². The second-order valence-electron chi connectivity index (χ2n) is 10.8. The molecule has 0 saturated carbocycles. The Bertz CT molecular complexity index is 1350. The predicted octanol–water partition coefficient (Wildman–Crippen LogP) is 3.72. The minimum atomic E-state index is -1.70. The summed E-state index contributed by atoms with van der Waals surface area (Å²) in [7, 11) is -1.70. The molecule has 3 aliphatic rings. The van der Waals surface area contributed by atoms with Gasteiger partial charge in [-0.15, -0.1) is 0 Å². The van der Waals surface area contributed by atoms with Crippen LogP contribution in [0.1, 0.15) is 51.5 Å². The van der Waals surface area contributed by atoms with Crippen LogP contribution in [0, 0.1) is 23.6 Å². The van der Waals surface area contributed by atoms with Gasteiger partial charge in [0.1, 0.15) is 0 Å². The molecule has 0 aromatic heterocycles. The van der Waals surface area contributed by atoms with Gasteiger partial charge in [-0.3, -0.25) is 14.5 Å². The molecular weight excluding hydrogens is 500 g/mol. The minimum Gasteiger partial charge on any atom is -0.505 e.